The van der Waals surface area contributed by atoms with E-state index < -0.39 is 6.10 Å². The summed E-state index contributed by atoms with van der Waals surface area (Å²) in [6.45, 7) is 3.59. The molecule has 29 heavy (non-hydrogen) atoms. The number of halogens is 2. The predicted molar refractivity (Wildman–Crippen MR) is 127 cm³/mol. The molecule has 0 fully saturated rings. The molecule has 0 aliphatic carbocycles. The number of aliphatic hydroxyl groups is 1. The number of guanidine groups is 1. The number of hydrogen-bond acceptors (Lipinski definition) is 5. The number of aromatic nitrogens is 1. The second-order valence-electron chi connectivity index (χ2n) is 6.05. The number of rotatable bonds is 9. The van der Waals surface area contributed by atoms with Crippen molar-refractivity contribution in [2.75, 3.05) is 33.9 Å². The van der Waals surface area contributed by atoms with Crippen LogP contribution in [0.4, 0.5) is 0 Å². The standard InChI is InChI=1S/C20H27ClN4O3.HI/c1-4-22-20(23-8-7-14-5-6-19(21)24-12-14)25-13-18(26)15-9-16(27-2)11-17(10-15)28-3;/h5-6,9-12,18,26H,4,7-8,13H2,1-3H3,(H2,22,23,25);1H. The average molecular weight is 535 g/mol. The zero-order valence-corrected chi connectivity index (χ0v) is 19.9. The number of nitrogens with one attached hydrogen (secondary N) is 2. The summed E-state index contributed by atoms with van der Waals surface area (Å²) in [4.78, 5) is 8.54. The molecule has 2 aromatic rings. The fourth-order valence-electron chi connectivity index (χ4n) is 2.53. The van der Waals surface area contributed by atoms with Crippen molar-refractivity contribution in [3.05, 3.63) is 52.8 Å². The van der Waals surface area contributed by atoms with Gasteiger partial charge in [-0.25, -0.2) is 4.98 Å². The van der Waals surface area contributed by atoms with Crippen LogP contribution < -0.4 is 20.1 Å². The molecule has 0 radical (unpaired) electrons. The molecular weight excluding hydrogens is 507 g/mol. The Hall–Kier alpha value is -1.78. The second-order valence-corrected chi connectivity index (χ2v) is 6.43. The van der Waals surface area contributed by atoms with E-state index in [1.165, 1.54) is 0 Å². The molecule has 0 amide bonds. The first-order valence-electron chi connectivity index (χ1n) is 9.09. The van der Waals surface area contributed by atoms with E-state index in [-0.39, 0.29) is 30.5 Å². The van der Waals surface area contributed by atoms with Gasteiger partial charge in [-0.2, -0.15) is 0 Å². The summed E-state index contributed by atoms with van der Waals surface area (Å²) in [6, 6.07) is 9.03. The minimum absolute atomic E-state index is 0. The molecule has 1 heterocycles. The van der Waals surface area contributed by atoms with E-state index in [1.807, 2.05) is 13.0 Å². The quantitative estimate of drug-likeness (QED) is 0.198. The Balaban J connectivity index is 0.00000420. The number of methoxy groups -OCH3 is 2. The Labute approximate surface area is 193 Å². The molecule has 1 aromatic heterocycles. The molecule has 0 aliphatic rings. The first-order valence-corrected chi connectivity index (χ1v) is 9.47. The molecule has 3 N–H and O–H groups in total. The molecule has 1 aromatic carbocycles. The number of ether oxygens (including phenoxy) is 2. The lowest BCUT2D eigenvalue weighted by Crippen LogP contribution is -2.38. The predicted octanol–water partition coefficient (Wildman–Crippen LogP) is 3.20. The Kier molecular flexibility index (Phi) is 11.7. The first kappa shape index (κ1) is 25.3. The van der Waals surface area contributed by atoms with Crippen LogP contribution in [0.3, 0.4) is 0 Å². The Morgan fingerprint density at radius 2 is 1.86 bits per heavy atom. The van der Waals surface area contributed by atoms with E-state index in [2.05, 4.69) is 20.6 Å². The van der Waals surface area contributed by atoms with Crippen LogP contribution in [0, 0.1) is 0 Å². The topological polar surface area (TPSA) is 88.0 Å². The molecule has 1 atom stereocenters. The van der Waals surface area contributed by atoms with E-state index in [0.29, 0.717) is 34.7 Å². The highest BCUT2D eigenvalue weighted by molar-refractivity contribution is 14.0. The summed E-state index contributed by atoms with van der Waals surface area (Å²) >= 11 is 5.80. The third kappa shape index (κ3) is 8.63. The molecule has 0 aliphatic heterocycles. The van der Waals surface area contributed by atoms with E-state index in [0.717, 1.165) is 18.5 Å². The largest absolute Gasteiger partial charge is 0.497 e. The number of hydrogen-bond donors (Lipinski definition) is 3. The lowest BCUT2D eigenvalue weighted by Gasteiger charge is -2.15. The molecular formula is C20H28ClIN4O3. The van der Waals surface area contributed by atoms with Gasteiger partial charge in [0.05, 0.1) is 26.9 Å². The smallest absolute Gasteiger partial charge is 0.191 e. The van der Waals surface area contributed by atoms with Gasteiger partial charge in [-0.3, -0.25) is 4.99 Å². The van der Waals surface area contributed by atoms with Gasteiger partial charge in [-0.15, -0.1) is 24.0 Å². The normalized spacial score (nSPS) is 12.0. The minimum Gasteiger partial charge on any atom is -0.497 e. The fourth-order valence-corrected chi connectivity index (χ4v) is 2.64. The molecule has 7 nitrogen and oxygen atoms in total. The monoisotopic (exact) mass is 534 g/mol. The van der Waals surface area contributed by atoms with Crippen molar-refractivity contribution in [1.29, 1.82) is 0 Å². The van der Waals surface area contributed by atoms with E-state index >= 15 is 0 Å². The van der Waals surface area contributed by atoms with Gasteiger partial charge >= 0.3 is 0 Å². The molecule has 0 saturated carbocycles. The number of aliphatic imine (C=N–C) groups is 1. The van der Waals surface area contributed by atoms with Gasteiger partial charge in [0.15, 0.2) is 5.96 Å². The van der Waals surface area contributed by atoms with Crippen molar-refractivity contribution in [2.24, 2.45) is 4.99 Å². The van der Waals surface area contributed by atoms with E-state index in [4.69, 9.17) is 21.1 Å². The zero-order valence-electron chi connectivity index (χ0n) is 16.8. The van der Waals surface area contributed by atoms with Gasteiger partial charge in [0.25, 0.3) is 0 Å². The zero-order chi connectivity index (χ0) is 20.4. The van der Waals surface area contributed by atoms with Crippen LogP contribution in [0.1, 0.15) is 24.2 Å². The van der Waals surface area contributed by atoms with E-state index in [1.54, 1.807) is 44.7 Å². The maximum absolute atomic E-state index is 10.5. The van der Waals surface area contributed by atoms with Crippen LogP contribution in [-0.4, -0.2) is 49.9 Å². The van der Waals surface area contributed by atoms with Crippen molar-refractivity contribution < 1.29 is 14.6 Å². The van der Waals surface area contributed by atoms with Crippen LogP contribution in [0.2, 0.25) is 5.15 Å². The molecule has 1 unspecified atom stereocenters. The van der Waals surface area contributed by atoms with Gasteiger partial charge in [-0.05, 0) is 42.7 Å². The molecule has 0 bridgehead atoms. The Bertz CT molecular complexity index is 753. The van der Waals surface area contributed by atoms with Crippen molar-refractivity contribution >= 4 is 41.5 Å². The van der Waals surface area contributed by atoms with Crippen molar-refractivity contribution in [1.82, 2.24) is 15.6 Å². The van der Waals surface area contributed by atoms with Crippen molar-refractivity contribution in [3.63, 3.8) is 0 Å². The van der Waals surface area contributed by atoms with Gasteiger partial charge < -0.3 is 25.2 Å². The molecule has 0 spiro atoms. The Morgan fingerprint density at radius 1 is 1.17 bits per heavy atom. The molecule has 2 rings (SSSR count). The number of benzene rings is 1. The van der Waals surface area contributed by atoms with Crippen LogP contribution in [0.25, 0.3) is 0 Å². The highest BCUT2D eigenvalue weighted by atomic mass is 127. The third-order valence-electron chi connectivity index (χ3n) is 4.02. The lowest BCUT2D eigenvalue weighted by atomic mass is 10.1. The highest BCUT2D eigenvalue weighted by Gasteiger charge is 2.11. The van der Waals surface area contributed by atoms with Gasteiger partial charge in [0, 0.05) is 25.4 Å². The van der Waals surface area contributed by atoms with Crippen LogP contribution in [0.15, 0.2) is 41.5 Å². The molecule has 9 heteroatoms. The highest BCUT2D eigenvalue weighted by Crippen LogP contribution is 2.26. The fraction of sp³-hybridized carbons (Fsp3) is 0.400. The average Bonchev–Trinajstić information content (AvgIpc) is 2.72. The maximum atomic E-state index is 10.5. The summed E-state index contributed by atoms with van der Waals surface area (Å²) in [5.41, 5.74) is 1.76. The Morgan fingerprint density at radius 3 is 2.41 bits per heavy atom. The maximum Gasteiger partial charge on any atom is 0.191 e. The molecule has 0 saturated heterocycles. The minimum atomic E-state index is -0.778. The van der Waals surface area contributed by atoms with Crippen molar-refractivity contribution in [2.45, 2.75) is 19.4 Å². The number of pyridine rings is 1. The summed E-state index contributed by atoms with van der Waals surface area (Å²) < 4.78 is 10.5. The van der Waals surface area contributed by atoms with Crippen LogP contribution in [0.5, 0.6) is 11.5 Å². The summed E-state index contributed by atoms with van der Waals surface area (Å²) in [5.74, 6) is 1.89. The summed E-state index contributed by atoms with van der Waals surface area (Å²) in [7, 11) is 3.15. The number of nitrogens with zero attached hydrogens (tertiary/aromatic N) is 2. The van der Waals surface area contributed by atoms with Crippen LogP contribution in [-0.2, 0) is 6.42 Å². The van der Waals surface area contributed by atoms with Gasteiger partial charge in [0.2, 0.25) is 0 Å². The van der Waals surface area contributed by atoms with E-state index in [9.17, 15) is 5.11 Å². The van der Waals surface area contributed by atoms with Crippen LogP contribution >= 0.6 is 35.6 Å². The first-order chi connectivity index (χ1) is 13.5. The summed E-state index contributed by atoms with van der Waals surface area (Å²) in [6.07, 6.45) is 1.76. The second kappa shape index (κ2) is 13.4. The number of aliphatic hydroxyl groups excluding tert-OH is 1. The third-order valence-corrected chi connectivity index (χ3v) is 4.24. The van der Waals surface area contributed by atoms with Crippen molar-refractivity contribution in [3.8, 4) is 11.5 Å². The molecule has 160 valence electrons. The van der Waals surface area contributed by atoms with Gasteiger partial charge in [0.1, 0.15) is 16.7 Å². The summed E-state index contributed by atoms with van der Waals surface area (Å²) in [5, 5.41) is 17.4. The SMILES string of the molecule is CCNC(=NCC(O)c1cc(OC)cc(OC)c1)NCCc1ccc(Cl)nc1.I. The van der Waals surface area contributed by atoms with Gasteiger partial charge in [-0.1, -0.05) is 17.7 Å². The lowest BCUT2D eigenvalue weighted by molar-refractivity contribution is 0.186.